The third kappa shape index (κ3) is 12.1. The lowest BCUT2D eigenvalue weighted by molar-refractivity contribution is -0.120. The number of aryl methyl sites for hydroxylation is 1. The molecule has 0 spiro atoms. The van der Waals surface area contributed by atoms with Gasteiger partial charge < -0.3 is 35.2 Å². The van der Waals surface area contributed by atoms with E-state index in [0.29, 0.717) is 92.7 Å². The first kappa shape index (κ1) is 55.8. The number of hydrogen-bond acceptors (Lipinski definition) is 18. The second kappa shape index (κ2) is 22.8. The molecule has 3 saturated heterocycles. The molecular weight excluding hydrogens is 999 g/mol. The molecule has 4 aliphatic rings. The maximum Gasteiger partial charge on any atom is 0.257 e. The van der Waals surface area contributed by atoms with E-state index in [1.165, 1.54) is 6.33 Å². The van der Waals surface area contributed by atoms with Gasteiger partial charge in [0, 0.05) is 143 Å². The average molecular weight is 1080 g/mol. The number of carbonyl (C=O) groups excluding carboxylic acids is 2. The first-order chi connectivity index (χ1) is 36.6. The van der Waals surface area contributed by atoms with Crippen molar-refractivity contribution in [2.24, 2.45) is 0 Å². The Balaban J connectivity index is 0.745. The van der Waals surface area contributed by atoms with Crippen LogP contribution in [0.5, 0.6) is 5.75 Å². The third-order valence-corrected chi connectivity index (χ3v) is 18.4. The van der Waals surface area contributed by atoms with Crippen molar-refractivity contribution in [2.45, 2.75) is 128 Å². The molecular formula is C55H79N15O6S. The molecule has 22 heteroatoms. The summed E-state index contributed by atoms with van der Waals surface area (Å²) in [5.41, 5.74) is 4.95. The maximum atomic E-state index is 14.2. The number of piperazine rings is 3. The summed E-state index contributed by atoms with van der Waals surface area (Å²) in [4.78, 5) is 64.1. The molecule has 4 atom stereocenters. The topological polar surface area (TPSA) is 234 Å². The molecule has 416 valence electrons. The highest BCUT2D eigenvalue weighted by molar-refractivity contribution is 7.92. The highest BCUT2D eigenvalue weighted by Gasteiger charge is 2.42. The summed E-state index contributed by atoms with van der Waals surface area (Å²) in [7, 11) is -3.83. The second-order valence-electron chi connectivity index (χ2n) is 23.2. The van der Waals surface area contributed by atoms with Gasteiger partial charge in [0.15, 0.2) is 9.84 Å². The largest absolute Gasteiger partial charge is 0.492 e. The minimum Gasteiger partial charge on any atom is -0.492 e. The number of H-pyrrole nitrogens is 1. The Morgan fingerprint density at radius 3 is 2.39 bits per heavy atom. The Morgan fingerprint density at radius 2 is 1.70 bits per heavy atom. The van der Waals surface area contributed by atoms with Crippen LogP contribution in [0.4, 0.5) is 23.3 Å². The first-order valence-electron chi connectivity index (χ1n) is 27.4. The number of carbonyl (C=O) groups is 2. The molecule has 1 unspecified atom stereocenters. The lowest BCUT2D eigenvalue weighted by Gasteiger charge is -2.45. The van der Waals surface area contributed by atoms with Crippen molar-refractivity contribution < 1.29 is 27.9 Å². The Morgan fingerprint density at radius 1 is 0.948 bits per heavy atom. The van der Waals surface area contributed by atoms with Crippen molar-refractivity contribution in [3.8, 4) is 5.75 Å². The normalized spacial score (nSPS) is 21.1. The Bertz CT molecular complexity index is 3030. The van der Waals surface area contributed by atoms with E-state index in [-0.39, 0.29) is 52.6 Å². The average Bonchev–Trinajstić information content (AvgIpc) is 3.97. The van der Waals surface area contributed by atoms with Crippen LogP contribution in [0.1, 0.15) is 114 Å². The van der Waals surface area contributed by atoms with E-state index in [9.17, 15) is 23.1 Å². The molecule has 4 aromatic heterocycles. The molecule has 5 aromatic rings. The van der Waals surface area contributed by atoms with Crippen LogP contribution in [-0.4, -0.2) is 195 Å². The standard InChI is InChI=1S/C55H79N15O6S/c1-11-13-45(71)39-22-44-49(57-25-39)55(9,10)33-70(44)48(72)32-69-29-35(2)56-28-41(69)31-67-19-20-68(30-36(67)3)53-58-26-40(27-59-53)52(73)66-17-15-65(16-18-66)14-12-21-76-46-24-43-42(23-47(46)77(74,75)54(6,7)8)51(61-34-60-43)62-50-37(4)38(5)63-64-50/h22-27,34-36,41,45,56,71H,11-21,28-33H2,1-10H3,(H2,60,61,62,63,64)/t35-,36-,41-,45?/m1/s1. The Hall–Kier alpha value is -5.91. The molecule has 8 heterocycles. The van der Waals surface area contributed by atoms with Gasteiger partial charge >= 0.3 is 0 Å². The predicted octanol–water partition coefficient (Wildman–Crippen LogP) is 5.03. The second-order valence-corrected chi connectivity index (χ2v) is 25.9. The molecule has 4 aliphatic heterocycles. The number of aliphatic hydroxyl groups excluding tert-OH is 1. The number of anilines is 4. The van der Waals surface area contributed by atoms with Gasteiger partial charge in [-0.2, -0.15) is 5.10 Å². The molecule has 1 aromatic carbocycles. The monoisotopic (exact) mass is 1080 g/mol. The van der Waals surface area contributed by atoms with E-state index in [2.05, 4.69) is 78.1 Å². The van der Waals surface area contributed by atoms with E-state index < -0.39 is 20.7 Å². The number of fused-ring (bicyclic) bond motifs is 2. The predicted molar refractivity (Wildman–Crippen MR) is 298 cm³/mol. The summed E-state index contributed by atoms with van der Waals surface area (Å²) in [5.74, 6) is 1.93. The van der Waals surface area contributed by atoms with Gasteiger partial charge in [-0.1, -0.05) is 27.2 Å². The zero-order valence-electron chi connectivity index (χ0n) is 46.6. The number of amides is 2. The number of rotatable bonds is 17. The fraction of sp³-hybridized carbons (Fsp3) is 0.600. The van der Waals surface area contributed by atoms with Crippen LogP contribution in [0.15, 0.2) is 48.0 Å². The number of aromatic amines is 1. The molecule has 0 aliphatic carbocycles. The summed E-state index contributed by atoms with van der Waals surface area (Å²) in [5, 5.41) is 25.5. The molecule has 77 heavy (non-hydrogen) atoms. The number of benzene rings is 1. The van der Waals surface area contributed by atoms with Crippen molar-refractivity contribution in [3.63, 3.8) is 0 Å². The van der Waals surface area contributed by atoms with Gasteiger partial charge in [0.25, 0.3) is 5.91 Å². The molecule has 2 amide bonds. The minimum absolute atomic E-state index is 0.0566. The molecule has 9 rings (SSSR count). The van der Waals surface area contributed by atoms with E-state index >= 15 is 0 Å². The van der Waals surface area contributed by atoms with Gasteiger partial charge in [0.2, 0.25) is 11.9 Å². The van der Waals surface area contributed by atoms with Gasteiger partial charge in [-0.05, 0) is 73.4 Å². The molecule has 0 radical (unpaired) electrons. The smallest absolute Gasteiger partial charge is 0.257 e. The summed E-state index contributed by atoms with van der Waals surface area (Å²) < 4.78 is 33.1. The highest BCUT2D eigenvalue weighted by Crippen LogP contribution is 2.41. The van der Waals surface area contributed by atoms with Crippen LogP contribution >= 0.6 is 0 Å². The van der Waals surface area contributed by atoms with E-state index in [0.717, 1.165) is 73.9 Å². The quantitative estimate of drug-likeness (QED) is 0.0895. The number of nitrogens with one attached hydrogen (secondary N) is 3. The van der Waals surface area contributed by atoms with Crippen molar-refractivity contribution in [2.75, 3.05) is 107 Å². The van der Waals surface area contributed by atoms with Crippen LogP contribution in [0, 0.1) is 13.8 Å². The molecule has 3 fully saturated rings. The summed E-state index contributed by atoms with van der Waals surface area (Å²) in [6, 6.07) is 5.85. The van der Waals surface area contributed by atoms with Crippen molar-refractivity contribution in [1.82, 2.24) is 60.0 Å². The van der Waals surface area contributed by atoms with Crippen molar-refractivity contribution in [1.29, 1.82) is 0 Å². The van der Waals surface area contributed by atoms with Gasteiger partial charge in [-0.25, -0.2) is 28.4 Å². The maximum absolute atomic E-state index is 14.2. The number of pyridine rings is 1. The zero-order valence-corrected chi connectivity index (χ0v) is 47.5. The number of sulfone groups is 1. The third-order valence-electron chi connectivity index (χ3n) is 15.9. The van der Waals surface area contributed by atoms with Gasteiger partial charge in [0.1, 0.15) is 28.6 Å². The molecule has 4 N–H and O–H groups in total. The van der Waals surface area contributed by atoms with E-state index in [1.54, 1.807) is 51.5 Å². The van der Waals surface area contributed by atoms with Gasteiger partial charge in [-0.15, -0.1) is 0 Å². The summed E-state index contributed by atoms with van der Waals surface area (Å²) >= 11 is 0. The van der Waals surface area contributed by atoms with Crippen LogP contribution < -0.4 is 25.2 Å². The lowest BCUT2D eigenvalue weighted by Crippen LogP contribution is -2.63. The number of nitrogens with zero attached hydrogens (tertiary/aromatic N) is 12. The Kier molecular flexibility index (Phi) is 16.5. The molecule has 21 nitrogen and oxygen atoms in total. The van der Waals surface area contributed by atoms with Gasteiger partial charge in [0.05, 0.1) is 52.2 Å². The number of aromatic nitrogens is 7. The van der Waals surface area contributed by atoms with Crippen LogP contribution in [-0.2, 0) is 20.0 Å². The fourth-order valence-electron chi connectivity index (χ4n) is 10.9. The van der Waals surface area contributed by atoms with Crippen LogP contribution in [0.2, 0.25) is 0 Å². The fourth-order valence-corrected chi connectivity index (χ4v) is 12.3. The highest BCUT2D eigenvalue weighted by atomic mass is 32.2. The van der Waals surface area contributed by atoms with E-state index in [4.69, 9.17) is 19.7 Å². The van der Waals surface area contributed by atoms with Crippen LogP contribution in [0.25, 0.3) is 10.9 Å². The molecule has 0 saturated carbocycles. The SMILES string of the molecule is CCCC(O)c1cnc2c(c1)N(C(=O)CN1C[C@@H](C)NC[C@@H]1CN1CCN(c3ncc(C(=O)N4CCN(CCCOc5cc6ncnc(Nc7[nH]nc(C)c7C)c6cc5S(=O)(=O)C(C)(C)C)CC4)cn3)C[C@H]1C)CC2(C)C. The number of hydrogen-bond donors (Lipinski definition) is 4. The summed E-state index contributed by atoms with van der Waals surface area (Å²) in [6.07, 6.45) is 8.04. The first-order valence-corrected chi connectivity index (χ1v) is 28.8. The van der Waals surface area contributed by atoms with E-state index in [1.807, 2.05) is 36.6 Å². The number of aliphatic hydroxyl groups is 1. The number of ether oxygens (including phenoxy) is 1. The van der Waals surface area contributed by atoms with Crippen molar-refractivity contribution >= 4 is 55.8 Å². The summed E-state index contributed by atoms with van der Waals surface area (Å²) in [6.45, 7) is 28.5. The van der Waals surface area contributed by atoms with Gasteiger partial charge in [-0.3, -0.25) is 34.4 Å². The van der Waals surface area contributed by atoms with Crippen molar-refractivity contribution in [3.05, 3.63) is 71.2 Å². The molecule has 0 bridgehead atoms. The lowest BCUT2D eigenvalue weighted by atomic mass is 9.91. The minimum atomic E-state index is -3.83. The Labute approximate surface area is 453 Å². The zero-order chi connectivity index (χ0) is 55.0. The van der Waals surface area contributed by atoms with Crippen LogP contribution in [0.3, 0.4) is 0 Å².